The Labute approximate surface area is 101 Å². The summed E-state index contributed by atoms with van der Waals surface area (Å²) < 4.78 is 10.4. The summed E-state index contributed by atoms with van der Waals surface area (Å²) in [7, 11) is 0. The van der Waals surface area contributed by atoms with Crippen LogP contribution in [0.3, 0.4) is 0 Å². The Morgan fingerprint density at radius 2 is 2.41 bits per heavy atom. The second kappa shape index (κ2) is 5.02. The van der Waals surface area contributed by atoms with E-state index < -0.39 is 5.91 Å². The molecule has 0 radical (unpaired) electrons. The van der Waals surface area contributed by atoms with Crippen LogP contribution in [0.4, 0.5) is 0 Å². The zero-order chi connectivity index (χ0) is 12.3. The summed E-state index contributed by atoms with van der Waals surface area (Å²) in [5.41, 5.74) is 2.40. The van der Waals surface area contributed by atoms with Crippen LogP contribution in [-0.4, -0.2) is 16.1 Å². The van der Waals surface area contributed by atoms with E-state index in [1.165, 1.54) is 18.0 Å². The molecule has 0 aromatic carbocycles. The van der Waals surface area contributed by atoms with E-state index in [0.717, 1.165) is 0 Å². The molecule has 0 fully saturated rings. The van der Waals surface area contributed by atoms with Gasteiger partial charge in [0.05, 0.1) is 11.3 Å². The molecule has 2 heterocycles. The third kappa shape index (κ3) is 2.86. The molecule has 1 amide bonds. The van der Waals surface area contributed by atoms with Gasteiger partial charge < -0.3 is 8.83 Å². The monoisotopic (exact) mass is 254 g/mol. The van der Waals surface area contributed by atoms with E-state index in [0.29, 0.717) is 28.2 Å². The molecule has 0 atom stereocenters. The van der Waals surface area contributed by atoms with Crippen LogP contribution in [0.15, 0.2) is 26.4 Å². The molecule has 0 spiro atoms. The summed E-state index contributed by atoms with van der Waals surface area (Å²) in [5.74, 6) is 6.25. The molecule has 0 saturated heterocycles. The molecule has 0 unspecified atom stereocenters. The lowest BCUT2D eigenvalue weighted by Gasteiger charge is -1.92. The van der Waals surface area contributed by atoms with Gasteiger partial charge in [0.15, 0.2) is 0 Å². The fraction of sp³-hybridized carbons (Fsp3) is 0.222. The number of aromatic nitrogens is 2. The van der Waals surface area contributed by atoms with E-state index in [1.54, 1.807) is 13.0 Å². The van der Waals surface area contributed by atoms with Crippen LogP contribution in [-0.2, 0) is 5.75 Å². The number of hydrogen-bond donors (Lipinski definition) is 2. The van der Waals surface area contributed by atoms with Crippen molar-refractivity contribution in [1.29, 1.82) is 0 Å². The van der Waals surface area contributed by atoms with Gasteiger partial charge in [0.25, 0.3) is 11.1 Å². The van der Waals surface area contributed by atoms with E-state index in [1.807, 2.05) is 5.43 Å². The highest BCUT2D eigenvalue weighted by molar-refractivity contribution is 7.98. The van der Waals surface area contributed by atoms with Gasteiger partial charge in [-0.25, -0.2) is 5.84 Å². The van der Waals surface area contributed by atoms with Crippen molar-refractivity contribution in [2.24, 2.45) is 5.84 Å². The van der Waals surface area contributed by atoms with E-state index in [9.17, 15) is 4.79 Å². The number of amides is 1. The Morgan fingerprint density at radius 3 is 3.06 bits per heavy atom. The molecule has 0 aliphatic rings. The number of nitrogens with two attached hydrogens (primary N) is 1. The van der Waals surface area contributed by atoms with Crippen LogP contribution in [0.1, 0.15) is 22.0 Å². The van der Waals surface area contributed by atoms with Crippen LogP contribution in [0.25, 0.3) is 0 Å². The Bertz CT molecular complexity index is 522. The Morgan fingerprint density at radius 1 is 1.59 bits per heavy atom. The third-order valence-corrected chi connectivity index (χ3v) is 2.73. The molecule has 7 nitrogen and oxygen atoms in total. The summed E-state index contributed by atoms with van der Waals surface area (Å²) in [6, 6.07) is 1.61. The van der Waals surface area contributed by atoms with Crippen molar-refractivity contribution in [2.75, 3.05) is 0 Å². The molecule has 0 saturated carbocycles. The minimum Gasteiger partial charge on any atom is -0.468 e. The Hall–Kier alpha value is -1.80. The molecular weight excluding hydrogens is 244 g/mol. The highest BCUT2D eigenvalue weighted by Crippen LogP contribution is 2.22. The lowest BCUT2D eigenvalue weighted by Crippen LogP contribution is -2.29. The maximum absolute atomic E-state index is 11.2. The largest absolute Gasteiger partial charge is 0.468 e. The van der Waals surface area contributed by atoms with Crippen LogP contribution in [0.5, 0.6) is 0 Å². The number of nitrogen functional groups attached to an aromatic ring is 1. The van der Waals surface area contributed by atoms with Crippen LogP contribution in [0.2, 0.25) is 0 Å². The molecule has 90 valence electrons. The van der Waals surface area contributed by atoms with Gasteiger partial charge in [0.1, 0.15) is 12.0 Å². The fourth-order valence-electron chi connectivity index (χ4n) is 1.13. The van der Waals surface area contributed by atoms with Gasteiger partial charge in [0, 0.05) is 6.92 Å². The summed E-state index contributed by atoms with van der Waals surface area (Å²) in [6.07, 6.45) is 1.34. The number of hydrazine groups is 1. The number of nitrogens with zero attached hydrogens (tertiary/aromatic N) is 2. The SMILES string of the molecule is Cc1nnc(SCc2cc(C(=O)NN)co2)o1. The third-order valence-electron chi connectivity index (χ3n) is 1.89. The van der Waals surface area contributed by atoms with Gasteiger partial charge >= 0.3 is 0 Å². The number of carbonyl (C=O) groups is 1. The lowest BCUT2D eigenvalue weighted by molar-refractivity contribution is 0.0953. The zero-order valence-electron chi connectivity index (χ0n) is 8.97. The van der Waals surface area contributed by atoms with Crippen molar-refractivity contribution in [3.63, 3.8) is 0 Å². The van der Waals surface area contributed by atoms with E-state index >= 15 is 0 Å². The molecule has 2 rings (SSSR count). The molecule has 0 aliphatic carbocycles. The minimum absolute atomic E-state index is 0.379. The van der Waals surface area contributed by atoms with Crippen LogP contribution >= 0.6 is 11.8 Å². The predicted octanol–water partition coefficient (Wildman–Crippen LogP) is 0.867. The van der Waals surface area contributed by atoms with Crippen LogP contribution in [0, 0.1) is 6.92 Å². The molecule has 2 aromatic rings. The molecular formula is C9H10N4O3S. The Balaban J connectivity index is 1.95. The molecule has 17 heavy (non-hydrogen) atoms. The summed E-state index contributed by atoms with van der Waals surface area (Å²) in [6.45, 7) is 1.72. The first-order valence-corrected chi connectivity index (χ1v) is 5.69. The van der Waals surface area contributed by atoms with Gasteiger partial charge in [-0.05, 0) is 6.07 Å². The van der Waals surface area contributed by atoms with Crippen molar-refractivity contribution in [3.8, 4) is 0 Å². The maximum atomic E-state index is 11.2. The highest BCUT2D eigenvalue weighted by Gasteiger charge is 2.10. The summed E-state index contributed by atoms with van der Waals surface area (Å²) in [4.78, 5) is 11.2. The van der Waals surface area contributed by atoms with Crippen molar-refractivity contribution in [2.45, 2.75) is 17.9 Å². The van der Waals surface area contributed by atoms with Gasteiger partial charge in [-0.3, -0.25) is 10.2 Å². The number of carbonyl (C=O) groups excluding carboxylic acids is 1. The van der Waals surface area contributed by atoms with Crippen LogP contribution < -0.4 is 11.3 Å². The minimum atomic E-state index is -0.390. The second-order valence-electron chi connectivity index (χ2n) is 3.15. The molecule has 2 aromatic heterocycles. The zero-order valence-corrected chi connectivity index (χ0v) is 9.78. The molecule has 3 N–H and O–H groups in total. The van der Waals surface area contributed by atoms with Crippen molar-refractivity contribution in [3.05, 3.63) is 29.5 Å². The normalized spacial score (nSPS) is 10.5. The van der Waals surface area contributed by atoms with Crippen molar-refractivity contribution in [1.82, 2.24) is 15.6 Å². The highest BCUT2D eigenvalue weighted by atomic mass is 32.2. The van der Waals surface area contributed by atoms with E-state index in [4.69, 9.17) is 14.7 Å². The van der Waals surface area contributed by atoms with Gasteiger partial charge in [0.2, 0.25) is 5.89 Å². The second-order valence-corrected chi connectivity index (χ2v) is 4.08. The number of aryl methyl sites for hydroxylation is 1. The Kier molecular flexibility index (Phi) is 3.45. The quantitative estimate of drug-likeness (QED) is 0.360. The topological polar surface area (TPSA) is 107 Å². The van der Waals surface area contributed by atoms with E-state index in [-0.39, 0.29) is 0 Å². The number of rotatable bonds is 4. The van der Waals surface area contributed by atoms with Crippen molar-refractivity contribution < 1.29 is 13.6 Å². The average molecular weight is 254 g/mol. The molecule has 8 heteroatoms. The number of furan rings is 1. The summed E-state index contributed by atoms with van der Waals surface area (Å²) in [5, 5.41) is 7.98. The fourth-order valence-corrected chi connectivity index (χ4v) is 1.82. The smallest absolute Gasteiger partial charge is 0.277 e. The maximum Gasteiger partial charge on any atom is 0.277 e. The predicted molar refractivity (Wildman–Crippen MR) is 59.0 cm³/mol. The lowest BCUT2D eigenvalue weighted by atomic mass is 10.3. The van der Waals surface area contributed by atoms with Gasteiger partial charge in [-0.2, -0.15) is 0 Å². The average Bonchev–Trinajstić information content (AvgIpc) is 2.94. The number of hydrogen-bond acceptors (Lipinski definition) is 7. The standard InChI is InChI=1S/C9H10N4O3S/c1-5-12-13-9(16-5)17-4-7-2-6(3-15-7)8(14)11-10/h2-3H,4,10H2,1H3,(H,11,14). The molecule has 0 aliphatic heterocycles. The first-order valence-electron chi connectivity index (χ1n) is 4.70. The van der Waals surface area contributed by atoms with Crippen molar-refractivity contribution >= 4 is 17.7 Å². The first kappa shape index (κ1) is 11.7. The van der Waals surface area contributed by atoms with E-state index in [2.05, 4.69) is 10.2 Å². The first-order chi connectivity index (χ1) is 8.19. The van der Waals surface area contributed by atoms with Gasteiger partial charge in [-0.15, -0.1) is 10.2 Å². The van der Waals surface area contributed by atoms with Gasteiger partial charge in [-0.1, -0.05) is 11.8 Å². The number of thioether (sulfide) groups is 1. The molecule has 0 bridgehead atoms. The summed E-state index contributed by atoms with van der Waals surface area (Å²) >= 11 is 1.33. The number of nitrogens with one attached hydrogen (secondary N) is 1.